The van der Waals surface area contributed by atoms with Crippen LogP contribution in [0.1, 0.15) is 11.5 Å². The monoisotopic (exact) mass is 220 g/mol. The van der Waals surface area contributed by atoms with Crippen LogP contribution in [0.2, 0.25) is 0 Å². The zero-order chi connectivity index (χ0) is 11.8. The first-order chi connectivity index (χ1) is 6.79. The molecule has 0 radical (unpaired) electrons. The van der Waals surface area contributed by atoms with Gasteiger partial charge < -0.3 is 10.1 Å². The molecular formula is C6H3F3N4O2. The number of alkyl halides is 3. The van der Waals surface area contributed by atoms with Crippen molar-refractivity contribution in [1.82, 2.24) is 9.55 Å². The Balaban J connectivity index is 3.54. The second-order valence-corrected chi connectivity index (χ2v) is 2.53. The van der Waals surface area contributed by atoms with E-state index in [9.17, 15) is 23.3 Å². The number of aromatic nitrogens is 2. The molecule has 0 N–H and O–H groups in total. The fourth-order valence-corrected chi connectivity index (χ4v) is 0.989. The molecule has 0 atom stereocenters. The fourth-order valence-electron chi connectivity index (χ4n) is 0.989. The van der Waals surface area contributed by atoms with Crippen LogP contribution in [0.15, 0.2) is 0 Å². The molecule has 0 saturated carbocycles. The summed E-state index contributed by atoms with van der Waals surface area (Å²) in [6.45, 7) is 0. The molecule has 0 aliphatic heterocycles. The molecule has 0 saturated heterocycles. The van der Waals surface area contributed by atoms with E-state index < -0.39 is 28.4 Å². The smallest absolute Gasteiger partial charge is 0.358 e. The van der Waals surface area contributed by atoms with Gasteiger partial charge in [0.25, 0.3) is 0 Å². The maximum atomic E-state index is 12.2. The average Bonchev–Trinajstić information content (AvgIpc) is 2.41. The summed E-state index contributed by atoms with van der Waals surface area (Å²) in [5, 5.41) is 18.7. The van der Waals surface area contributed by atoms with Crippen molar-refractivity contribution >= 4 is 5.82 Å². The molecule has 1 aromatic rings. The van der Waals surface area contributed by atoms with Crippen LogP contribution in [0.3, 0.4) is 0 Å². The lowest BCUT2D eigenvalue weighted by atomic mass is 10.4. The van der Waals surface area contributed by atoms with Gasteiger partial charge in [0.2, 0.25) is 5.69 Å². The van der Waals surface area contributed by atoms with Crippen LogP contribution in [-0.4, -0.2) is 14.5 Å². The molecular weight excluding hydrogens is 217 g/mol. The lowest BCUT2D eigenvalue weighted by Gasteiger charge is -2.02. The lowest BCUT2D eigenvalue weighted by molar-refractivity contribution is -0.395. The maximum absolute atomic E-state index is 12.2. The number of rotatable bonds is 1. The van der Waals surface area contributed by atoms with E-state index in [1.54, 1.807) is 0 Å². The number of nitro groups is 1. The SMILES string of the molecule is Cn1c(C#N)nc(C(F)(F)F)c1[N+](=O)[O-]. The molecule has 0 spiro atoms. The first-order valence-corrected chi connectivity index (χ1v) is 3.47. The van der Waals surface area contributed by atoms with Crippen molar-refractivity contribution in [3.63, 3.8) is 0 Å². The number of nitriles is 1. The van der Waals surface area contributed by atoms with Crippen LogP contribution < -0.4 is 0 Å². The maximum Gasteiger partial charge on any atom is 0.441 e. The number of hydrogen-bond acceptors (Lipinski definition) is 4. The summed E-state index contributed by atoms with van der Waals surface area (Å²) >= 11 is 0. The highest BCUT2D eigenvalue weighted by atomic mass is 19.4. The van der Waals surface area contributed by atoms with Gasteiger partial charge in [0, 0.05) is 0 Å². The molecule has 1 aromatic heterocycles. The minimum atomic E-state index is -4.95. The Morgan fingerprint density at radius 2 is 2.13 bits per heavy atom. The Hall–Kier alpha value is -2.11. The van der Waals surface area contributed by atoms with E-state index in [2.05, 4.69) is 4.98 Å². The third-order valence-corrected chi connectivity index (χ3v) is 1.61. The van der Waals surface area contributed by atoms with Crippen LogP contribution in [0.5, 0.6) is 0 Å². The highest BCUT2D eigenvalue weighted by Gasteiger charge is 2.44. The Labute approximate surface area is 80.7 Å². The van der Waals surface area contributed by atoms with Gasteiger partial charge in [-0.15, -0.1) is 0 Å². The van der Waals surface area contributed by atoms with Gasteiger partial charge in [-0.05, 0) is 4.92 Å². The highest BCUT2D eigenvalue weighted by Crippen LogP contribution is 2.35. The number of nitrogens with zero attached hydrogens (tertiary/aromatic N) is 4. The first-order valence-electron chi connectivity index (χ1n) is 3.47. The molecule has 80 valence electrons. The molecule has 6 nitrogen and oxygen atoms in total. The van der Waals surface area contributed by atoms with Gasteiger partial charge in [0.1, 0.15) is 0 Å². The summed E-state index contributed by atoms with van der Waals surface area (Å²) in [5.74, 6) is -1.90. The molecule has 1 heterocycles. The Bertz CT molecular complexity index is 456. The number of imidazole rings is 1. The van der Waals surface area contributed by atoms with Crippen LogP contribution in [0.25, 0.3) is 0 Å². The van der Waals surface area contributed by atoms with Crippen LogP contribution in [0.4, 0.5) is 19.0 Å². The average molecular weight is 220 g/mol. The van der Waals surface area contributed by atoms with Crippen molar-refractivity contribution in [2.24, 2.45) is 7.05 Å². The van der Waals surface area contributed by atoms with Crippen molar-refractivity contribution in [3.8, 4) is 6.07 Å². The summed E-state index contributed by atoms with van der Waals surface area (Å²) in [7, 11) is 0.971. The quantitative estimate of drug-likeness (QED) is 0.526. The Morgan fingerprint density at radius 1 is 1.60 bits per heavy atom. The fraction of sp³-hybridized carbons (Fsp3) is 0.333. The van der Waals surface area contributed by atoms with Gasteiger partial charge in [-0.3, -0.25) is 0 Å². The van der Waals surface area contributed by atoms with Crippen molar-refractivity contribution in [2.45, 2.75) is 6.18 Å². The van der Waals surface area contributed by atoms with Crippen molar-refractivity contribution in [1.29, 1.82) is 5.26 Å². The van der Waals surface area contributed by atoms with E-state index in [0.717, 1.165) is 7.05 Å². The Morgan fingerprint density at radius 3 is 2.40 bits per heavy atom. The second-order valence-electron chi connectivity index (χ2n) is 2.53. The van der Waals surface area contributed by atoms with E-state index in [4.69, 9.17) is 5.26 Å². The van der Waals surface area contributed by atoms with Crippen molar-refractivity contribution < 1.29 is 18.1 Å². The van der Waals surface area contributed by atoms with E-state index in [0.29, 0.717) is 4.57 Å². The van der Waals surface area contributed by atoms with E-state index in [-0.39, 0.29) is 0 Å². The molecule has 0 fully saturated rings. The van der Waals surface area contributed by atoms with Crippen LogP contribution in [0, 0.1) is 21.4 Å². The van der Waals surface area contributed by atoms with E-state index in [1.807, 2.05) is 0 Å². The third-order valence-electron chi connectivity index (χ3n) is 1.61. The molecule has 0 aromatic carbocycles. The molecule has 1 rings (SSSR count). The molecule has 9 heteroatoms. The van der Waals surface area contributed by atoms with Gasteiger partial charge in [0.15, 0.2) is 6.07 Å². The Kier molecular flexibility index (Phi) is 2.36. The zero-order valence-electron chi connectivity index (χ0n) is 7.24. The minimum Gasteiger partial charge on any atom is -0.358 e. The molecule has 0 aliphatic rings. The third kappa shape index (κ3) is 1.74. The van der Waals surface area contributed by atoms with Gasteiger partial charge in [-0.1, -0.05) is 0 Å². The zero-order valence-corrected chi connectivity index (χ0v) is 7.24. The molecule has 15 heavy (non-hydrogen) atoms. The molecule has 0 bridgehead atoms. The van der Waals surface area contributed by atoms with Gasteiger partial charge in [-0.25, -0.2) is 0 Å². The normalized spacial score (nSPS) is 11.1. The number of halogens is 3. The largest absolute Gasteiger partial charge is 0.441 e. The topological polar surface area (TPSA) is 84.8 Å². The van der Waals surface area contributed by atoms with Gasteiger partial charge in [0.05, 0.1) is 7.05 Å². The van der Waals surface area contributed by atoms with Crippen LogP contribution in [-0.2, 0) is 13.2 Å². The van der Waals surface area contributed by atoms with Gasteiger partial charge >= 0.3 is 17.8 Å². The van der Waals surface area contributed by atoms with Crippen LogP contribution >= 0.6 is 0 Å². The summed E-state index contributed by atoms with van der Waals surface area (Å²) in [6, 6.07) is 1.33. The van der Waals surface area contributed by atoms with E-state index in [1.165, 1.54) is 6.07 Å². The first kappa shape index (κ1) is 11.0. The van der Waals surface area contributed by atoms with Crippen molar-refractivity contribution in [3.05, 3.63) is 21.6 Å². The molecule has 0 amide bonds. The number of hydrogen-bond donors (Lipinski definition) is 0. The summed E-state index contributed by atoms with van der Waals surface area (Å²) in [4.78, 5) is 12.0. The standard InChI is InChI=1S/C6H3F3N4O2/c1-12-3(2-10)11-4(6(7,8)9)5(12)13(14)15/h1H3. The summed E-state index contributed by atoms with van der Waals surface area (Å²) in [5.41, 5.74) is -1.66. The second kappa shape index (κ2) is 3.23. The molecule has 0 unspecified atom stereocenters. The highest BCUT2D eigenvalue weighted by molar-refractivity contribution is 5.36. The summed E-state index contributed by atoms with van der Waals surface area (Å²) in [6.07, 6.45) is -4.95. The van der Waals surface area contributed by atoms with Gasteiger partial charge in [-0.2, -0.15) is 28.0 Å². The predicted molar refractivity (Wildman–Crippen MR) is 39.6 cm³/mol. The lowest BCUT2D eigenvalue weighted by Crippen LogP contribution is -2.10. The minimum absolute atomic E-state index is 0.489. The summed E-state index contributed by atoms with van der Waals surface area (Å²) < 4.78 is 37.2. The molecule has 0 aliphatic carbocycles. The van der Waals surface area contributed by atoms with Crippen molar-refractivity contribution in [2.75, 3.05) is 0 Å². The van der Waals surface area contributed by atoms with E-state index >= 15 is 0 Å². The predicted octanol–water partition coefficient (Wildman–Crippen LogP) is 1.22.